The summed E-state index contributed by atoms with van der Waals surface area (Å²) in [5, 5.41) is 0. The molecule has 2 fully saturated rings. The van der Waals surface area contributed by atoms with Gasteiger partial charge in [-0.05, 0) is 56.0 Å². The van der Waals surface area contributed by atoms with Crippen LogP contribution in [0.15, 0.2) is 42.6 Å². The number of carbonyl (C=O) groups excluding carboxylic acids is 2. The Morgan fingerprint density at radius 2 is 1.74 bits per heavy atom. The highest BCUT2D eigenvalue weighted by atomic mass is 16.5. The zero-order valence-electron chi connectivity index (χ0n) is 18.6. The van der Waals surface area contributed by atoms with Gasteiger partial charge in [0.05, 0.1) is 13.7 Å². The van der Waals surface area contributed by atoms with Crippen LogP contribution in [0.25, 0.3) is 0 Å². The number of ether oxygens (including phenoxy) is 1. The predicted molar refractivity (Wildman–Crippen MR) is 120 cm³/mol. The van der Waals surface area contributed by atoms with Gasteiger partial charge < -0.3 is 19.1 Å². The summed E-state index contributed by atoms with van der Waals surface area (Å²) in [6.45, 7) is 0.737. The number of aryl methyl sites for hydroxylation is 1. The summed E-state index contributed by atoms with van der Waals surface area (Å²) in [6.07, 6.45) is 9.44. The molecule has 0 saturated heterocycles. The molecule has 0 N–H and O–H groups in total. The second-order valence-corrected chi connectivity index (χ2v) is 8.82. The lowest BCUT2D eigenvalue weighted by molar-refractivity contribution is -0.133. The molecule has 2 amide bonds. The molecule has 6 nitrogen and oxygen atoms in total. The molecule has 0 radical (unpaired) electrons. The van der Waals surface area contributed by atoms with Gasteiger partial charge in [0.1, 0.15) is 12.3 Å². The maximum atomic E-state index is 13.5. The normalized spacial score (nSPS) is 16.7. The van der Waals surface area contributed by atoms with Gasteiger partial charge in [-0.25, -0.2) is 0 Å². The highest BCUT2D eigenvalue weighted by Gasteiger charge is 2.36. The molecule has 0 atom stereocenters. The van der Waals surface area contributed by atoms with E-state index in [0.717, 1.165) is 44.2 Å². The summed E-state index contributed by atoms with van der Waals surface area (Å²) < 4.78 is 7.37. The smallest absolute Gasteiger partial charge is 0.254 e. The van der Waals surface area contributed by atoms with E-state index in [1.165, 1.54) is 6.42 Å². The largest absolute Gasteiger partial charge is 0.497 e. The van der Waals surface area contributed by atoms with Crippen molar-refractivity contribution in [3.8, 4) is 5.75 Å². The van der Waals surface area contributed by atoms with Crippen molar-refractivity contribution in [2.75, 3.05) is 13.7 Å². The molecule has 0 unspecified atom stereocenters. The third kappa shape index (κ3) is 5.12. The van der Waals surface area contributed by atoms with Gasteiger partial charge in [0, 0.05) is 36.6 Å². The maximum absolute atomic E-state index is 13.5. The molecular weight excluding hydrogens is 390 g/mol. The standard InChI is InChI=1S/C25H33N3O3/c1-26-15-7-11-22(26)17-27(21-13-14-21)24(29)18-28(20-9-4-3-5-10-20)25(30)19-8-6-12-23(16-19)31-2/h6-8,11-12,15-16,20-21H,3-5,9-10,13-14,17-18H2,1-2H3. The topological polar surface area (TPSA) is 54.8 Å². The Balaban J connectivity index is 1.55. The van der Waals surface area contributed by atoms with Crippen LogP contribution in [0.4, 0.5) is 0 Å². The first-order chi connectivity index (χ1) is 15.1. The zero-order chi connectivity index (χ0) is 21.8. The molecule has 1 aromatic heterocycles. The summed E-state index contributed by atoms with van der Waals surface area (Å²) >= 11 is 0. The molecular formula is C25H33N3O3. The summed E-state index contributed by atoms with van der Waals surface area (Å²) in [5.41, 5.74) is 1.70. The number of hydrogen-bond donors (Lipinski definition) is 0. The SMILES string of the molecule is COc1cccc(C(=O)N(CC(=O)N(Cc2cccn2C)C2CC2)C2CCCCC2)c1. The van der Waals surface area contributed by atoms with Gasteiger partial charge in [-0.1, -0.05) is 25.3 Å². The molecule has 0 aliphatic heterocycles. The molecule has 6 heteroatoms. The van der Waals surface area contributed by atoms with Crippen LogP contribution in [0.1, 0.15) is 61.0 Å². The molecule has 2 aliphatic carbocycles. The van der Waals surface area contributed by atoms with Crippen molar-refractivity contribution < 1.29 is 14.3 Å². The lowest BCUT2D eigenvalue weighted by Gasteiger charge is -2.35. The van der Waals surface area contributed by atoms with E-state index < -0.39 is 0 Å². The molecule has 0 spiro atoms. The Kier molecular flexibility index (Phi) is 6.64. The van der Waals surface area contributed by atoms with E-state index in [1.807, 2.05) is 47.3 Å². The summed E-state index contributed by atoms with van der Waals surface area (Å²) in [4.78, 5) is 30.8. The lowest BCUT2D eigenvalue weighted by atomic mass is 9.93. The number of carbonyl (C=O) groups is 2. The minimum Gasteiger partial charge on any atom is -0.497 e. The monoisotopic (exact) mass is 423 g/mol. The minimum absolute atomic E-state index is 0.0468. The number of nitrogens with zero attached hydrogens (tertiary/aromatic N) is 3. The third-order valence-electron chi connectivity index (χ3n) is 6.59. The molecule has 166 valence electrons. The van der Waals surface area contributed by atoms with Crippen LogP contribution in [-0.2, 0) is 18.4 Å². The van der Waals surface area contributed by atoms with Crippen LogP contribution in [0.5, 0.6) is 5.75 Å². The van der Waals surface area contributed by atoms with Crippen LogP contribution in [-0.4, -0.2) is 51.9 Å². The van der Waals surface area contributed by atoms with Crippen molar-refractivity contribution in [1.29, 1.82) is 0 Å². The van der Waals surface area contributed by atoms with Crippen molar-refractivity contribution in [2.24, 2.45) is 7.05 Å². The fourth-order valence-corrected chi connectivity index (χ4v) is 4.56. The lowest BCUT2D eigenvalue weighted by Crippen LogP contribution is -2.48. The van der Waals surface area contributed by atoms with Gasteiger partial charge in [-0.15, -0.1) is 0 Å². The number of benzene rings is 1. The maximum Gasteiger partial charge on any atom is 0.254 e. The fourth-order valence-electron chi connectivity index (χ4n) is 4.56. The van der Waals surface area contributed by atoms with Crippen LogP contribution >= 0.6 is 0 Å². The Morgan fingerprint density at radius 3 is 2.39 bits per heavy atom. The summed E-state index contributed by atoms with van der Waals surface area (Å²) in [6, 6.07) is 11.7. The average molecular weight is 424 g/mol. The van der Waals surface area contributed by atoms with Crippen LogP contribution in [0.2, 0.25) is 0 Å². The number of methoxy groups -OCH3 is 1. The highest BCUT2D eigenvalue weighted by molar-refractivity contribution is 5.97. The first-order valence-corrected chi connectivity index (χ1v) is 11.4. The van der Waals surface area contributed by atoms with E-state index in [9.17, 15) is 9.59 Å². The van der Waals surface area contributed by atoms with E-state index in [2.05, 4.69) is 10.6 Å². The second-order valence-electron chi connectivity index (χ2n) is 8.82. The van der Waals surface area contributed by atoms with Crippen molar-refractivity contribution in [3.05, 3.63) is 53.9 Å². The molecule has 2 saturated carbocycles. The Morgan fingerprint density at radius 1 is 1.00 bits per heavy atom. The number of aromatic nitrogens is 1. The third-order valence-corrected chi connectivity index (χ3v) is 6.59. The molecule has 2 aromatic rings. The quantitative estimate of drug-likeness (QED) is 0.645. The van der Waals surface area contributed by atoms with Crippen molar-refractivity contribution in [3.63, 3.8) is 0 Å². The molecule has 31 heavy (non-hydrogen) atoms. The van der Waals surface area contributed by atoms with Crippen LogP contribution < -0.4 is 4.74 Å². The Labute approximate surface area is 184 Å². The summed E-state index contributed by atoms with van der Waals surface area (Å²) in [7, 11) is 3.61. The molecule has 2 aliphatic rings. The van der Waals surface area contributed by atoms with Crippen molar-refractivity contribution in [2.45, 2.75) is 63.6 Å². The van der Waals surface area contributed by atoms with Gasteiger partial charge in [0.25, 0.3) is 5.91 Å². The van der Waals surface area contributed by atoms with Gasteiger partial charge in [0.2, 0.25) is 5.91 Å². The molecule has 4 rings (SSSR count). The Bertz CT molecular complexity index is 912. The van der Waals surface area contributed by atoms with Crippen LogP contribution in [0.3, 0.4) is 0 Å². The average Bonchev–Trinajstić information content (AvgIpc) is 3.57. The fraction of sp³-hybridized carbons (Fsp3) is 0.520. The first-order valence-electron chi connectivity index (χ1n) is 11.4. The van der Waals surface area contributed by atoms with E-state index >= 15 is 0 Å². The van der Waals surface area contributed by atoms with Gasteiger partial charge in [-0.2, -0.15) is 0 Å². The Hall–Kier alpha value is -2.76. The van der Waals surface area contributed by atoms with E-state index in [1.54, 1.807) is 13.2 Å². The first kappa shape index (κ1) is 21.5. The van der Waals surface area contributed by atoms with Crippen LogP contribution in [0, 0.1) is 0 Å². The molecule has 1 aromatic carbocycles. The number of hydrogen-bond acceptors (Lipinski definition) is 3. The van der Waals surface area contributed by atoms with Gasteiger partial charge in [-0.3, -0.25) is 9.59 Å². The van der Waals surface area contributed by atoms with E-state index in [0.29, 0.717) is 23.9 Å². The molecule has 1 heterocycles. The predicted octanol–water partition coefficient (Wildman–Crippen LogP) is 4.00. The highest BCUT2D eigenvalue weighted by Crippen LogP contribution is 2.30. The second kappa shape index (κ2) is 9.58. The zero-order valence-corrected chi connectivity index (χ0v) is 18.6. The molecule has 0 bridgehead atoms. The van der Waals surface area contributed by atoms with E-state index in [-0.39, 0.29) is 24.4 Å². The summed E-state index contributed by atoms with van der Waals surface area (Å²) in [5.74, 6) is 0.628. The number of amides is 2. The van der Waals surface area contributed by atoms with Crippen molar-refractivity contribution >= 4 is 11.8 Å². The van der Waals surface area contributed by atoms with Gasteiger partial charge in [0.15, 0.2) is 0 Å². The van der Waals surface area contributed by atoms with Gasteiger partial charge >= 0.3 is 0 Å². The minimum atomic E-state index is -0.0752. The number of rotatable bonds is 8. The van der Waals surface area contributed by atoms with Crippen molar-refractivity contribution in [1.82, 2.24) is 14.4 Å². The van der Waals surface area contributed by atoms with E-state index in [4.69, 9.17) is 4.74 Å².